The zero-order valence-corrected chi connectivity index (χ0v) is 9.54. The molecule has 0 amide bonds. The van der Waals surface area contributed by atoms with Crippen LogP contribution < -0.4 is 5.73 Å². The molecular weight excluding hydrogens is 222 g/mol. The van der Waals surface area contributed by atoms with Crippen molar-refractivity contribution in [3.63, 3.8) is 0 Å². The topological polar surface area (TPSA) is 43.8 Å². The number of aromatic nitrogens is 2. The Morgan fingerprint density at radius 3 is 3.12 bits per heavy atom. The van der Waals surface area contributed by atoms with E-state index in [1.165, 1.54) is 11.1 Å². The van der Waals surface area contributed by atoms with Crippen LogP contribution in [0.5, 0.6) is 0 Å². The lowest BCUT2D eigenvalue weighted by Crippen LogP contribution is -2.15. The van der Waals surface area contributed by atoms with Crippen molar-refractivity contribution in [2.75, 3.05) is 0 Å². The maximum atomic E-state index is 6.19. The number of hydrogen-bond donors (Lipinski definition) is 1. The van der Waals surface area contributed by atoms with Crippen LogP contribution in [0.15, 0.2) is 24.4 Å². The van der Waals surface area contributed by atoms with Gasteiger partial charge in [0.05, 0.1) is 18.4 Å². The Labute approximate surface area is 98.9 Å². The molecule has 2 heterocycles. The highest BCUT2D eigenvalue weighted by Gasteiger charge is 2.20. The third-order valence-corrected chi connectivity index (χ3v) is 3.46. The molecule has 0 fully saturated rings. The van der Waals surface area contributed by atoms with E-state index in [0.717, 1.165) is 29.5 Å². The first-order chi connectivity index (χ1) is 7.81. The molecule has 16 heavy (non-hydrogen) atoms. The van der Waals surface area contributed by atoms with E-state index in [4.69, 9.17) is 17.3 Å². The molecule has 0 unspecified atom stereocenters. The number of halogens is 1. The second-order valence-corrected chi connectivity index (χ2v) is 4.34. The fraction of sp³-hybridized carbons (Fsp3) is 0.250. The number of fused-ring (bicyclic) bond motifs is 3. The molecule has 2 aromatic rings. The van der Waals surface area contributed by atoms with E-state index >= 15 is 0 Å². The van der Waals surface area contributed by atoms with Crippen LogP contribution in [0.1, 0.15) is 11.4 Å². The monoisotopic (exact) mass is 233 g/mol. The molecule has 82 valence electrons. The predicted molar refractivity (Wildman–Crippen MR) is 64.3 cm³/mol. The average Bonchev–Trinajstić information content (AvgIpc) is 2.72. The summed E-state index contributed by atoms with van der Waals surface area (Å²) in [6.07, 6.45) is 2.84. The van der Waals surface area contributed by atoms with Crippen LogP contribution in [0.25, 0.3) is 11.3 Å². The van der Waals surface area contributed by atoms with Gasteiger partial charge in [0.15, 0.2) is 0 Å². The number of imidazole rings is 1. The second kappa shape index (κ2) is 3.61. The van der Waals surface area contributed by atoms with Gasteiger partial charge in [0.25, 0.3) is 0 Å². The van der Waals surface area contributed by atoms with Gasteiger partial charge < -0.3 is 10.3 Å². The van der Waals surface area contributed by atoms with E-state index in [-0.39, 0.29) is 0 Å². The first-order valence-corrected chi connectivity index (χ1v) is 5.71. The van der Waals surface area contributed by atoms with E-state index in [1.807, 2.05) is 18.3 Å². The fourth-order valence-corrected chi connectivity index (χ4v) is 2.59. The van der Waals surface area contributed by atoms with Crippen LogP contribution in [0, 0.1) is 0 Å². The Morgan fingerprint density at radius 2 is 2.31 bits per heavy atom. The minimum absolute atomic E-state index is 0.482. The molecule has 2 N–H and O–H groups in total. The number of nitrogens with two attached hydrogens (primary N) is 1. The highest BCUT2D eigenvalue weighted by molar-refractivity contribution is 6.31. The van der Waals surface area contributed by atoms with Gasteiger partial charge in [-0.15, -0.1) is 0 Å². The summed E-state index contributed by atoms with van der Waals surface area (Å²) in [6.45, 7) is 1.40. The van der Waals surface area contributed by atoms with Crippen molar-refractivity contribution in [1.82, 2.24) is 9.55 Å². The molecule has 0 saturated heterocycles. The van der Waals surface area contributed by atoms with Gasteiger partial charge in [-0.2, -0.15) is 0 Å². The van der Waals surface area contributed by atoms with Crippen molar-refractivity contribution in [1.29, 1.82) is 0 Å². The maximum Gasteiger partial charge on any atom is 0.122 e. The lowest BCUT2D eigenvalue weighted by atomic mass is 9.99. The summed E-state index contributed by atoms with van der Waals surface area (Å²) >= 11 is 6.19. The van der Waals surface area contributed by atoms with Crippen LogP contribution in [0.3, 0.4) is 0 Å². The highest BCUT2D eigenvalue weighted by atomic mass is 35.5. The smallest absolute Gasteiger partial charge is 0.122 e. The molecule has 0 bridgehead atoms. The Kier molecular flexibility index (Phi) is 2.23. The molecule has 3 nitrogen and oxygen atoms in total. The summed E-state index contributed by atoms with van der Waals surface area (Å²) in [5.74, 6) is 0.945. The van der Waals surface area contributed by atoms with Crippen molar-refractivity contribution in [2.24, 2.45) is 5.73 Å². The van der Waals surface area contributed by atoms with Crippen molar-refractivity contribution < 1.29 is 0 Å². The van der Waals surface area contributed by atoms with E-state index in [2.05, 4.69) is 15.6 Å². The zero-order chi connectivity index (χ0) is 11.1. The summed E-state index contributed by atoms with van der Waals surface area (Å²) in [6, 6.07) is 6.01. The quantitative estimate of drug-likeness (QED) is 0.821. The van der Waals surface area contributed by atoms with E-state index in [0.29, 0.717) is 6.54 Å². The Hall–Kier alpha value is -1.32. The molecule has 1 aliphatic heterocycles. The van der Waals surface area contributed by atoms with Crippen LogP contribution in [0.2, 0.25) is 5.02 Å². The first-order valence-electron chi connectivity index (χ1n) is 5.33. The van der Waals surface area contributed by atoms with Crippen molar-refractivity contribution >= 4 is 11.6 Å². The normalized spacial score (nSPS) is 13.4. The van der Waals surface area contributed by atoms with Gasteiger partial charge in [-0.05, 0) is 18.1 Å². The Bertz CT molecular complexity index is 545. The van der Waals surface area contributed by atoms with Crippen LogP contribution in [0.4, 0.5) is 0 Å². The Morgan fingerprint density at radius 1 is 1.44 bits per heavy atom. The van der Waals surface area contributed by atoms with Gasteiger partial charge in [0.1, 0.15) is 5.82 Å². The molecule has 4 heteroatoms. The molecule has 1 aromatic heterocycles. The van der Waals surface area contributed by atoms with Gasteiger partial charge in [-0.1, -0.05) is 23.7 Å². The molecule has 0 aliphatic carbocycles. The van der Waals surface area contributed by atoms with Crippen LogP contribution in [-0.4, -0.2) is 9.55 Å². The second-order valence-electron chi connectivity index (χ2n) is 3.93. The summed E-state index contributed by atoms with van der Waals surface area (Å²) in [5.41, 5.74) is 9.20. The van der Waals surface area contributed by atoms with Crippen molar-refractivity contribution in [3.8, 4) is 11.3 Å². The van der Waals surface area contributed by atoms with E-state index in [1.54, 1.807) is 0 Å². The number of hydrogen-bond acceptors (Lipinski definition) is 2. The van der Waals surface area contributed by atoms with E-state index in [9.17, 15) is 0 Å². The minimum atomic E-state index is 0.482. The number of benzene rings is 1. The van der Waals surface area contributed by atoms with Gasteiger partial charge in [-0.3, -0.25) is 0 Å². The molecule has 0 atom stereocenters. The average molecular weight is 234 g/mol. The zero-order valence-electron chi connectivity index (χ0n) is 8.78. The molecule has 1 aromatic carbocycles. The van der Waals surface area contributed by atoms with Crippen LogP contribution in [-0.2, 0) is 19.5 Å². The maximum absolute atomic E-state index is 6.19. The SMILES string of the molecule is NCc1ncc2n1CCc1c(Cl)cccc1-2. The summed E-state index contributed by atoms with van der Waals surface area (Å²) in [7, 11) is 0. The molecule has 3 rings (SSSR count). The highest BCUT2D eigenvalue weighted by Crippen LogP contribution is 2.34. The molecule has 0 saturated carbocycles. The Balaban J connectivity index is 2.24. The largest absolute Gasteiger partial charge is 0.327 e. The molecule has 1 aliphatic rings. The predicted octanol–water partition coefficient (Wildman–Crippen LogP) is 2.22. The third-order valence-electron chi connectivity index (χ3n) is 3.10. The van der Waals surface area contributed by atoms with Crippen molar-refractivity contribution in [3.05, 3.63) is 40.8 Å². The standard InChI is InChI=1S/C12H12ClN3/c13-10-3-1-2-9-8(10)4-5-16-11(9)7-15-12(16)6-14/h1-3,7H,4-6,14H2. The summed E-state index contributed by atoms with van der Waals surface area (Å²) < 4.78 is 2.18. The molecule has 0 spiro atoms. The van der Waals surface area contributed by atoms with Gasteiger partial charge in [-0.25, -0.2) is 4.98 Å². The van der Waals surface area contributed by atoms with Crippen LogP contribution >= 0.6 is 11.6 Å². The third kappa shape index (κ3) is 1.29. The van der Waals surface area contributed by atoms with Gasteiger partial charge in [0.2, 0.25) is 0 Å². The minimum Gasteiger partial charge on any atom is -0.327 e. The molecular formula is C12H12ClN3. The van der Waals surface area contributed by atoms with Crippen molar-refractivity contribution in [2.45, 2.75) is 19.5 Å². The van der Waals surface area contributed by atoms with Gasteiger partial charge in [0, 0.05) is 17.1 Å². The van der Waals surface area contributed by atoms with E-state index < -0.39 is 0 Å². The summed E-state index contributed by atoms with van der Waals surface area (Å²) in [5, 5.41) is 0.847. The molecule has 0 radical (unpaired) electrons. The summed E-state index contributed by atoms with van der Waals surface area (Å²) in [4.78, 5) is 4.34. The lowest BCUT2D eigenvalue weighted by molar-refractivity contribution is 0.643. The first kappa shape index (κ1) is 9.87. The number of nitrogens with zero attached hydrogens (tertiary/aromatic N) is 2. The number of rotatable bonds is 1. The fourth-order valence-electron chi connectivity index (χ4n) is 2.32. The lowest BCUT2D eigenvalue weighted by Gasteiger charge is -2.20. The van der Waals surface area contributed by atoms with Gasteiger partial charge >= 0.3 is 0 Å².